The van der Waals surface area contributed by atoms with Crippen molar-refractivity contribution < 1.29 is 8.95 Å². The zero-order chi connectivity index (χ0) is 17.1. The molecule has 2 aromatic heterocycles. The molecule has 7 nitrogen and oxygen atoms in total. The molecule has 0 bridgehead atoms. The van der Waals surface area contributed by atoms with Gasteiger partial charge in [-0.05, 0) is 12.1 Å². The van der Waals surface area contributed by atoms with Crippen LogP contribution in [0.2, 0.25) is 0 Å². The molecule has 1 saturated heterocycles. The average Bonchev–Trinajstić information content (AvgIpc) is 3.19. The first-order valence-corrected chi connectivity index (χ1v) is 9.11. The highest BCUT2D eigenvalue weighted by Crippen LogP contribution is 2.21. The summed E-state index contributed by atoms with van der Waals surface area (Å²) in [5.41, 5.74) is 1.75. The van der Waals surface area contributed by atoms with Gasteiger partial charge in [-0.1, -0.05) is 30.3 Å². The molecule has 1 aromatic carbocycles. The molecule has 0 amide bonds. The Labute approximate surface area is 147 Å². The summed E-state index contributed by atoms with van der Waals surface area (Å²) in [6, 6.07) is 13.4. The van der Waals surface area contributed by atoms with Crippen molar-refractivity contribution in [2.75, 3.05) is 26.3 Å². The molecular formula is C17H17N5O2S. The first kappa shape index (κ1) is 16.1. The monoisotopic (exact) mass is 355 g/mol. The molecule has 3 heterocycles. The highest BCUT2D eigenvalue weighted by molar-refractivity contribution is 7.82. The fraction of sp³-hybridized carbons (Fsp3) is 0.235. The molecule has 1 atom stereocenters. The number of H-pyrrole nitrogens is 1. The number of hydrogen-bond acceptors (Lipinski definition) is 5. The lowest BCUT2D eigenvalue weighted by Gasteiger charge is -2.24. The highest BCUT2D eigenvalue weighted by atomic mass is 32.2. The van der Waals surface area contributed by atoms with Crippen LogP contribution in [0.4, 0.5) is 0 Å². The van der Waals surface area contributed by atoms with Crippen LogP contribution in [0.5, 0.6) is 0 Å². The molecule has 4 rings (SSSR count). The summed E-state index contributed by atoms with van der Waals surface area (Å²) in [5, 5.41) is 7.73. The van der Waals surface area contributed by atoms with Gasteiger partial charge in [0, 0.05) is 30.4 Å². The molecule has 1 fully saturated rings. The van der Waals surface area contributed by atoms with Crippen LogP contribution in [0.25, 0.3) is 22.8 Å². The van der Waals surface area contributed by atoms with E-state index in [1.54, 1.807) is 12.3 Å². The minimum absolute atomic E-state index is 0.505. The molecule has 25 heavy (non-hydrogen) atoms. The van der Waals surface area contributed by atoms with Crippen molar-refractivity contribution in [3.63, 3.8) is 0 Å². The normalized spacial score (nSPS) is 16.6. The Bertz CT molecular complexity index is 878. The summed E-state index contributed by atoms with van der Waals surface area (Å²) < 4.78 is 19.8. The zero-order valence-corrected chi connectivity index (χ0v) is 14.3. The molecule has 128 valence electrons. The number of aromatic nitrogens is 4. The number of nitrogens with one attached hydrogen (secondary N) is 1. The first-order chi connectivity index (χ1) is 12.3. The van der Waals surface area contributed by atoms with Crippen molar-refractivity contribution in [2.24, 2.45) is 0 Å². The average molecular weight is 355 g/mol. The van der Waals surface area contributed by atoms with Crippen LogP contribution in [0.15, 0.2) is 53.7 Å². The second-order valence-electron chi connectivity index (χ2n) is 5.55. The van der Waals surface area contributed by atoms with E-state index in [4.69, 9.17) is 4.74 Å². The Balaban J connectivity index is 1.59. The van der Waals surface area contributed by atoms with E-state index in [-0.39, 0.29) is 0 Å². The number of benzene rings is 1. The molecule has 3 aromatic rings. The van der Waals surface area contributed by atoms with Gasteiger partial charge in [0.05, 0.1) is 13.2 Å². The fourth-order valence-corrected chi connectivity index (χ4v) is 3.73. The van der Waals surface area contributed by atoms with Crippen molar-refractivity contribution in [1.82, 2.24) is 24.5 Å². The smallest absolute Gasteiger partial charge is 0.181 e. The van der Waals surface area contributed by atoms with Gasteiger partial charge >= 0.3 is 0 Å². The number of hydrogen-bond donors (Lipinski definition) is 1. The van der Waals surface area contributed by atoms with E-state index < -0.39 is 11.0 Å². The largest absolute Gasteiger partial charge is 0.379 e. The molecule has 1 N–H and O–H groups in total. The summed E-state index contributed by atoms with van der Waals surface area (Å²) in [7, 11) is -1.31. The second-order valence-corrected chi connectivity index (χ2v) is 6.98. The molecule has 0 saturated carbocycles. The maximum atomic E-state index is 12.7. The van der Waals surface area contributed by atoms with E-state index in [1.807, 2.05) is 40.7 Å². The van der Waals surface area contributed by atoms with Crippen LogP contribution < -0.4 is 0 Å². The number of morpholine rings is 1. The van der Waals surface area contributed by atoms with Crippen LogP contribution in [-0.2, 0) is 15.7 Å². The van der Waals surface area contributed by atoms with Gasteiger partial charge in [0.15, 0.2) is 11.6 Å². The number of pyridine rings is 1. The first-order valence-electron chi connectivity index (χ1n) is 8.00. The minimum atomic E-state index is -1.31. The number of ether oxygens (including phenoxy) is 1. The Morgan fingerprint density at radius 2 is 1.88 bits per heavy atom. The van der Waals surface area contributed by atoms with Crippen molar-refractivity contribution in [2.45, 2.75) is 5.03 Å². The van der Waals surface area contributed by atoms with Gasteiger partial charge in [0.2, 0.25) is 0 Å². The van der Waals surface area contributed by atoms with E-state index in [1.165, 1.54) is 0 Å². The van der Waals surface area contributed by atoms with Gasteiger partial charge < -0.3 is 4.74 Å². The summed E-state index contributed by atoms with van der Waals surface area (Å²) in [5.74, 6) is 1.25. The standard InChI is InChI=1S/C17H17N5O2S/c23-25(22-8-10-24-11-9-22)15-12-14(6-7-18-15)17-19-16(20-21-17)13-4-2-1-3-5-13/h1-7,12H,8-11H2,(H,19,20,21). The summed E-state index contributed by atoms with van der Waals surface area (Å²) in [6.07, 6.45) is 1.64. The lowest BCUT2D eigenvalue weighted by Crippen LogP contribution is -2.37. The third kappa shape index (κ3) is 3.51. The maximum Gasteiger partial charge on any atom is 0.181 e. The third-order valence-electron chi connectivity index (χ3n) is 3.91. The zero-order valence-electron chi connectivity index (χ0n) is 13.5. The van der Waals surface area contributed by atoms with Gasteiger partial charge in [-0.25, -0.2) is 18.5 Å². The lowest BCUT2D eigenvalue weighted by molar-refractivity contribution is 0.0751. The molecular weight excluding hydrogens is 338 g/mol. The quantitative estimate of drug-likeness (QED) is 0.773. The van der Waals surface area contributed by atoms with Crippen LogP contribution in [-0.4, -0.2) is 55.0 Å². The number of nitrogens with zero attached hydrogens (tertiary/aromatic N) is 4. The van der Waals surface area contributed by atoms with Gasteiger partial charge in [0.1, 0.15) is 16.0 Å². The van der Waals surface area contributed by atoms with Crippen LogP contribution in [0, 0.1) is 0 Å². The third-order valence-corrected chi connectivity index (χ3v) is 5.32. The molecule has 1 unspecified atom stereocenters. The van der Waals surface area contributed by atoms with Crippen molar-refractivity contribution in [3.8, 4) is 22.8 Å². The van der Waals surface area contributed by atoms with Crippen molar-refractivity contribution in [1.29, 1.82) is 0 Å². The molecule has 0 spiro atoms. The molecule has 8 heteroatoms. The molecule has 1 aliphatic heterocycles. The minimum Gasteiger partial charge on any atom is -0.379 e. The van der Waals surface area contributed by atoms with Crippen LogP contribution in [0.3, 0.4) is 0 Å². The van der Waals surface area contributed by atoms with Crippen molar-refractivity contribution in [3.05, 3.63) is 48.7 Å². The number of rotatable bonds is 4. The fourth-order valence-electron chi connectivity index (χ4n) is 2.60. The second kappa shape index (κ2) is 7.22. The highest BCUT2D eigenvalue weighted by Gasteiger charge is 2.20. The van der Waals surface area contributed by atoms with Crippen LogP contribution in [0.1, 0.15) is 0 Å². The van der Waals surface area contributed by atoms with E-state index >= 15 is 0 Å². The maximum absolute atomic E-state index is 12.7. The van der Waals surface area contributed by atoms with E-state index in [9.17, 15) is 4.21 Å². The number of aromatic amines is 1. The molecule has 1 aliphatic rings. The Morgan fingerprint density at radius 1 is 1.08 bits per heavy atom. The van der Waals surface area contributed by atoms with E-state index in [2.05, 4.69) is 20.2 Å². The van der Waals surface area contributed by atoms with Gasteiger partial charge in [-0.2, -0.15) is 5.10 Å². The summed E-state index contributed by atoms with van der Waals surface area (Å²) in [4.78, 5) is 8.79. The molecule has 0 aliphatic carbocycles. The SMILES string of the molecule is O=S(c1cc(-c2n[nH]c(-c3ccccc3)n2)ccn1)N1CCOCC1. The topological polar surface area (TPSA) is 84.0 Å². The molecule has 0 radical (unpaired) electrons. The Morgan fingerprint density at radius 3 is 2.68 bits per heavy atom. The van der Waals surface area contributed by atoms with Crippen molar-refractivity contribution >= 4 is 11.0 Å². The lowest BCUT2D eigenvalue weighted by atomic mass is 10.2. The van der Waals surface area contributed by atoms with Gasteiger partial charge in [0.25, 0.3) is 0 Å². The van der Waals surface area contributed by atoms with E-state index in [0.29, 0.717) is 43.0 Å². The van der Waals surface area contributed by atoms with E-state index in [0.717, 1.165) is 11.1 Å². The van der Waals surface area contributed by atoms with Gasteiger partial charge in [-0.3, -0.25) is 5.10 Å². The Kier molecular flexibility index (Phi) is 4.64. The summed E-state index contributed by atoms with van der Waals surface area (Å²) in [6.45, 7) is 2.45. The Hall–Kier alpha value is -2.42. The van der Waals surface area contributed by atoms with Gasteiger partial charge in [-0.15, -0.1) is 0 Å². The summed E-state index contributed by atoms with van der Waals surface area (Å²) >= 11 is 0. The predicted octanol–water partition coefficient (Wildman–Crippen LogP) is 1.89. The predicted molar refractivity (Wildman–Crippen MR) is 93.9 cm³/mol. The van der Waals surface area contributed by atoms with Crippen LogP contribution >= 0.6 is 0 Å².